The molecule has 2 aliphatic rings. The topological polar surface area (TPSA) is 146 Å². The molecule has 54 heavy (non-hydrogen) atoms. The Balaban J connectivity index is 1.40. The minimum absolute atomic E-state index is 0.0400. The Bertz CT molecular complexity index is 2070. The number of nitrogens with one attached hydrogen (secondary N) is 1. The SMILES string of the molecule is CC(C)(C)C[C@]1(c2ccc(-c3cn(C(F)F)cn3)cc2)N=C(N)N([C@H](COC(=O)NC2(C(F)(F)F)CC2)c2ccc(Cl)c(-c3nncn3C(F)F)c2)C1=O. The van der Waals surface area contributed by atoms with Crippen LogP contribution in [-0.2, 0) is 15.1 Å². The van der Waals surface area contributed by atoms with Crippen molar-refractivity contribution in [3.8, 4) is 22.6 Å². The number of hydrogen-bond acceptors (Lipinski definition) is 8. The Morgan fingerprint density at radius 1 is 1.04 bits per heavy atom. The lowest BCUT2D eigenvalue weighted by Crippen LogP contribution is -2.50. The van der Waals surface area contributed by atoms with Crippen LogP contribution in [0.2, 0.25) is 5.02 Å². The molecule has 2 atom stereocenters. The molecule has 0 bridgehead atoms. The van der Waals surface area contributed by atoms with Gasteiger partial charge in [0.25, 0.3) is 5.91 Å². The van der Waals surface area contributed by atoms with Crippen LogP contribution in [0.5, 0.6) is 0 Å². The molecule has 2 aromatic carbocycles. The average Bonchev–Trinajstić information content (AvgIpc) is 3.40. The van der Waals surface area contributed by atoms with Crippen LogP contribution in [0.25, 0.3) is 22.6 Å². The summed E-state index contributed by atoms with van der Waals surface area (Å²) in [6.45, 7) is -1.07. The highest BCUT2D eigenvalue weighted by molar-refractivity contribution is 6.33. The number of hydrogen-bond donors (Lipinski definition) is 2. The maximum absolute atomic E-state index is 14.9. The Morgan fingerprint density at radius 2 is 1.72 bits per heavy atom. The van der Waals surface area contributed by atoms with Crippen LogP contribution in [0, 0.1) is 5.41 Å². The van der Waals surface area contributed by atoms with Crippen LogP contribution >= 0.6 is 11.6 Å². The first-order chi connectivity index (χ1) is 25.2. The fourth-order valence-corrected chi connectivity index (χ4v) is 6.60. The number of ether oxygens (including phenoxy) is 1. The third kappa shape index (κ3) is 7.32. The molecule has 0 unspecified atom stereocenters. The van der Waals surface area contributed by atoms with E-state index in [4.69, 9.17) is 22.1 Å². The number of carbonyl (C=O) groups is 2. The molecule has 12 nitrogen and oxygen atoms in total. The summed E-state index contributed by atoms with van der Waals surface area (Å²) in [6, 6.07) is 8.92. The van der Waals surface area contributed by atoms with E-state index < -0.39 is 60.4 Å². The lowest BCUT2D eigenvalue weighted by molar-refractivity contribution is -0.164. The van der Waals surface area contributed by atoms with E-state index in [1.165, 1.54) is 18.2 Å². The fraction of sp³-hybridized carbons (Fsp3) is 0.412. The predicted molar refractivity (Wildman–Crippen MR) is 180 cm³/mol. The standard InChI is InChI=1S/C34H33ClF7N9O3/c1-31(2,3)15-33(20-7-4-18(5-8-20)23-13-49(16-44-23)27(36)37)26(52)51(29(43)46-33)24(14-54-30(53)47-32(10-11-32)34(40,41)42)19-6-9-22(35)21(12-19)25-48-45-17-50(25)28(38)39/h4-9,12-13,16-17,24,27-28H,10-11,14-15H2,1-3H3,(H2,43,46)(H,47,53)/t24-,33-/m1/s1. The number of aromatic nitrogens is 5. The molecule has 3 heterocycles. The van der Waals surface area contributed by atoms with Crippen LogP contribution in [0.3, 0.4) is 0 Å². The maximum atomic E-state index is 14.9. The Hall–Kier alpha value is -5.20. The van der Waals surface area contributed by atoms with Crippen molar-refractivity contribution in [2.45, 2.75) is 76.4 Å². The Kier molecular flexibility index (Phi) is 9.91. The molecule has 2 aromatic heterocycles. The molecule has 0 radical (unpaired) electrons. The van der Waals surface area contributed by atoms with Crippen molar-refractivity contribution in [3.05, 3.63) is 77.5 Å². The molecule has 4 aromatic rings. The monoisotopic (exact) mass is 783 g/mol. The van der Waals surface area contributed by atoms with E-state index in [9.17, 15) is 40.3 Å². The number of benzene rings is 2. The van der Waals surface area contributed by atoms with Crippen molar-refractivity contribution in [3.63, 3.8) is 0 Å². The molecule has 2 amide bonds. The molecule has 6 rings (SSSR count). The molecule has 288 valence electrons. The highest BCUT2D eigenvalue weighted by Gasteiger charge is 2.64. The summed E-state index contributed by atoms with van der Waals surface area (Å²) >= 11 is 6.41. The zero-order chi connectivity index (χ0) is 39.4. The number of amides is 2. The van der Waals surface area contributed by atoms with Crippen LogP contribution in [0.15, 0.2) is 66.3 Å². The number of guanidine groups is 1. The van der Waals surface area contributed by atoms with Gasteiger partial charge in [0.1, 0.15) is 18.5 Å². The first-order valence-corrected chi connectivity index (χ1v) is 16.7. The highest BCUT2D eigenvalue weighted by atomic mass is 35.5. The van der Waals surface area contributed by atoms with E-state index in [1.807, 2.05) is 26.1 Å². The van der Waals surface area contributed by atoms with Crippen LogP contribution < -0.4 is 11.1 Å². The van der Waals surface area contributed by atoms with Gasteiger partial charge in [-0.1, -0.05) is 62.7 Å². The number of nitrogens with two attached hydrogens (primary N) is 1. The minimum Gasteiger partial charge on any atom is -0.447 e. The van der Waals surface area contributed by atoms with Gasteiger partial charge in [0.15, 0.2) is 17.3 Å². The molecule has 20 heteroatoms. The van der Waals surface area contributed by atoms with Crippen molar-refractivity contribution in [1.29, 1.82) is 0 Å². The molecular weight excluding hydrogens is 751 g/mol. The molecule has 1 fully saturated rings. The van der Waals surface area contributed by atoms with Crippen LogP contribution in [0.4, 0.5) is 35.5 Å². The average molecular weight is 784 g/mol. The third-order valence-corrected chi connectivity index (χ3v) is 9.44. The largest absolute Gasteiger partial charge is 0.447 e. The van der Waals surface area contributed by atoms with Crippen molar-refractivity contribution in [2.24, 2.45) is 16.1 Å². The van der Waals surface area contributed by atoms with Crippen LogP contribution in [-0.4, -0.2) is 65.5 Å². The fourth-order valence-electron chi connectivity index (χ4n) is 6.39. The normalized spacial score (nSPS) is 19.0. The summed E-state index contributed by atoms with van der Waals surface area (Å²) in [6.07, 6.45) is -3.88. The van der Waals surface area contributed by atoms with Gasteiger partial charge in [0.05, 0.1) is 23.1 Å². The summed E-state index contributed by atoms with van der Waals surface area (Å²) in [4.78, 5) is 37.4. The molecule has 3 N–H and O–H groups in total. The van der Waals surface area contributed by atoms with Gasteiger partial charge in [-0.15, -0.1) is 10.2 Å². The Morgan fingerprint density at radius 3 is 2.30 bits per heavy atom. The maximum Gasteiger partial charge on any atom is 0.411 e. The van der Waals surface area contributed by atoms with E-state index in [1.54, 1.807) is 24.3 Å². The summed E-state index contributed by atoms with van der Waals surface area (Å²) in [5.74, 6) is -1.40. The van der Waals surface area contributed by atoms with Crippen molar-refractivity contribution < 1.29 is 45.1 Å². The summed E-state index contributed by atoms with van der Waals surface area (Å²) in [5.41, 5.74) is 2.87. The van der Waals surface area contributed by atoms with Gasteiger partial charge >= 0.3 is 25.4 Å². The minimum atomic E-state index is -4.75. The first kappa shape index (κ1) is 38.5. The number of rotatable bonds is 11. The number of aliphatic imine (C=N–C) groups is 1. The van der Waals surface area contributed by atoms with Crippen molar-refractivity contribution >= 4 is 29.6 Å². The van der Waals surface area contributed by atoms with Gasteiger partial charge in [0.2, 0.25) is 0 Å². The second-order valence-corrected chi connectivity index (χ2v) is 14.6. The lowest BCUT2D eigenvalue weighted by Gasteiger charge is -2.35. The highest BCUT2D eigenvalue weighted by Crippen LogP contribution is 2.49. The number of imidazole rings is 1. The second kappa shape index (κ2) is 13.9. The van der Waals surface area contributed by atoms with Crippen molar-refractivity contribution in [1.82, 2.24) is 34.5 Å². The summed E-state index contributed by atoms with van der Waals surface area (Å²) in [5, 5.41) is 9.12. The summed E-state index contributed by atoms with van der Waals surface area (Å²) < 4.78 is 101. The number of halogens is 8. The Labute approximate surface area is 308 Å². The van der Waals surface area contributed by atoms with Crippen molar-refractivity contribution in [2.75, 3.05) is 6.61 Å². The van der Waals surface area contributed by atoms with Gasteiger partial charge in [0, 0.05) is 17.3 Å². The first-order valence-electron chi connectivity index (χ1n) is 16.4. The quantitative estimate of drug-likeness (QED) is 0.149. The number of nitrogens with zero attached hydrogens (tertiary/aromatic N) is 7. The van der Waals surface area contributed by atoms with Gasteiger partial charge in [-0.2, -0.15) is 30.7 Å². The van der Waals surface area contributed by atoms with E-state index in [0.717, 1.165) is 23.8 Å². The van der Waals surface area contributed by atoms with Gasteiger partial charge in [-0.25, -0.2) is 14.8 Å². The number of carbonyl (C=O) groups excluding carboxylic acids is 2. The van der Waals surface area contributed by atoms with E-state index in [2.05, 4.69) is 20.2 Å². The van der Waals surface area contributed by atoms with Gasteiger partial charge < -0.3 is 15.8 Å². The predicted octanol–water partition coefficient (Wildman–Crippen LogP) is 7.60. The summed E-state index contributed by atoms with van der Waals surface area (Å²) in [7, 11) is 0. The lowest BCUT2D eigenvalue weighted by atomic mass is 9.75. The third-order valence-electron chi connectivity index (χ3n) is 9.11. The molecule has 0 spiro atoms. The van der Waals surface area contributed by atoms with E-state index in [0.29, 0.717) is 20.3 Å². The zero-order valence-electron chi connectivity index (χ0n) is 28.8. The molecule has 1 aliphatic carbocycles. The van der Waals surface area contributed by atoms with E-state index in [-0.39, 0.29) is 52.9 Å². The van der Waals surface area contributed by atoms with Gasteiger partial charge in [-0.3, -0.25) is 18.8 Å². The number of alkyl carbamates (subject to hydrolysis) is 1. The molecule has 1 aliphatic heterocycles. The second-order valence-electron chi connectivity index (χ2n) is 14.2. The smallest absolute Gasteiger partial charge is 0.411 e. The zero-order valence-corrected chi connectivity index (χ0v) is 29.5. The molecular formula is C34H33ClF7N9O3. The molecule has 0 saturated heterocycles. The van der Waals surface area contributed by atoms with E-state index >= 15 is 0 Å². The molecule has 1 saturated carbocycles. The number of alkyl halides is 7. The van der Waals surface area contributed by atoms with Crippen LogP contribution in [0.1, 0.15) is 70.3 Å². The van der Waals surface area contributed by atoms with Gasteiger partial charge in [-0.05, 0) is 47.9 Å².